The van der Waals surface area contributed by atoms with Crippen LogP contribution in [0.5, 0.6) is 0 Å². The van der Waals surface area contributed by atoms with Gasteiger partial charge in [-0.3, -0.25) is 14.4 Å². The van der Waals surface area contributed by atoms with Crippen molar-refractivity contribution in [1.29, 1.82) is 0 Å². The van der Waals surface area contributed by atoms with Crippen molar-refractivity contribution in [3.05, 3.63) is 0 Å². The predicted molar refractivity (Wildman–Crippen MR) is 28.1 cm³/mol. The zero-order valence-corrected chi connectivity index (χ0v) is 5.58. The lowest BCUT2D eigenvalue weighted by Gasteiger charge is -1.89. The highest BCUT2D eigenvalue weighted by molar-refractivity contribution is 7.44. The van der Waals surface area contributed by atoms with E-state index in [1.165, 1.54) is 0 Å². The fourth-order valence-corrected chi connectivity index (χ4v) is 0.489. The summed E-state index contributed by atoms with van der Waals surface area (Å²) >= 11 is 0. The minimum atomic E-state index is -0.431. The molecular weight excluding hydrogens is 132 g/mol. The summed E-state index contributed by atoms with van der Waals surface area (Å²) < 4.78 is 19.6. The van der Waals surface area contributed by atoms with Crippen molar-refractivity contribution in [1.82, 2.24) is 5.32 Å². The van der Waals surface area contributed by atoms with Crippen molar-refractivity contribution in [3.8, 4) is 0 Å². The first kappa shape index (κ1) is 7.16. The van der Waals surface area contributed by atoms with Gasteiger partial charge in [-0.25, -0.2) is 0 Å². The van der Waals surface area contributed by atoms with E-state index in [9.17, 15) is 9.13 Å². The first-order valence-electron chi connectivity index (χ1n) is 1.67. The van der Waals surface area contributed by atoms with Gasteiger partial charge in [0.05, 0.1) is 0 Å². The highest BCUT2D eigenvalue weighted by Gasteiger charge is 1.99. The van der Waals surface area contributed by atoms with Gasteiger partial charge in [0.15, 0.2) is 22.4 Å². The molecule has 40 valence electrons. The van der Waals surface area contributed by atoms with Crippen LogP contribution in [0.3, 0.4) is 0 Å². The van der Waals surface area contributed by atoms with Crippen LogP contribution in [0.4, 0.5) is 0 Å². The van der Waals surface area contributed by atoms with Crippen LogP contribution < -0.4 is 5.32 Å². The van der Waals surface area contributed by atoms with Gasteiger partial charge in [-0.1, -0.05) is 0 Å². The van der Waals surface area contributed by atoms with Gasteiger partial charge in [0, 0.05) is 0 Å². The number of hydrogen-bond donors (Lipinski definition) is 1. The summed E-state index contributed by atoms with van der Waals surface area (Å²) in [6.45, 7) is 0. The van der Waals surface area contributed by atoms with Crippen molar-refractivity contribution in [2.45, 2.75) is 5.52 Å². The first-order valence-corrected chi connectivity index (χ1v) is 3.43. The van der Waals surface area contributed by atoms with Crippen molar-refractivity contribution in [2.75, 3.05) is 7.05 Å². The van der Waals surface area contributed by atoms with Crippen LogP contribution in [0, 0.1) is 0 Å². The molecule has 0 amide bonds. The highest BCUT2D eigenvalue weighted by Crippen LogP contribution is 2.13. The molecule has 1 N–H and O–H groups in total. The van der Waals surface area contributed by atoms with E-state index < -0.39 is 5.52 Å². The van der Waals surface area contributed by atoms with Gasteiger partial charge >= 0.3 is 0 Å². The molecule has 0 atom stereocenters. The Morgan fingerprint density at radius 3 is 1.86 bits per heavy atom. The van der Waals surface area contributed by atoms with E-state index in [1.807, 2.05) is 0 Å². The Bertz CT molecular complexity index is 68.1. The van der Waals surface area contributed by atoms with E-state index in [2.05, 4.69) is 5.32 Å². The van der Waals surface area contributed by atoms with E-state index in [4.69, 9.17) is 0 Å². The zero-order valence-electron chi connectivity index (χ0n) is 3.79. The van der Waals surface area contributed by atoms with Gasteiger partial charge in [0.1, 0.15) is 0 Å². The first-order chi connectivity index (χ1) is 3.35. The third-order valence-electron chi connectivity index (χ3n) is 0.458. The quantitative estimate of drug-likeness (QED) is 0.591. The summed E-state index contributed by atoms with van der Waals surface area (Å²) in [6, 6.07) is 0. The van der Waals surface area contributed by atoms with Crippen LogP contribution in [-0.4, -0.2) is 12.6 Å². The molecule has 0 unspecified atom stereocenters. The summed E-state index contributed by atoms with van der Waals surface area (Å²) in [7, 11) is 1.34. The minimum absolute atomic E-state index is 0.127. The Labute approximate surface area is 44.9 Å². The van der Waals surface area contributed by atoms with Crippen molar-refractivity contribution in [2.24, 2.45) is 0 Å². The molecule has 0 rings (SSSR count). The van der Waals surface area contributed by atoms with Crippen LogP contribution in [0.2, 0.25) is 0 Å². The largest absolute Gasteiger partial charge is 0.297 e. The molecule has 0 aromatic heterocycles. The van der Waals surface area contributed by atoms with Gasteiger partial charge in [0.25, 0.3) is 0 Å². The normalized spacial score (nSPS) is 15.0. The van der Waals surface area contributed by atoms with Gasteiger partial charge in [0.2, 0.25) is 0 Å². The van der Waals surface area contributed by atoms with Gasteiger partial charge in [-0.2, -0.15) is 0 Å². The van der Waals surface area contributed by atoms with E-state index in [0.717, 1.165) is 0 Å². The Kier molecular flexibility index (Phi) is 4.42. The fraction of sp³-hybridized carbons (Fsp3) is 1.00. The lowest BCUT2D eigenvalue weighted by molar-refractivity contribution is 0.582. The van der Waals surface area contributed by atoms with E-state index >= 15 is 0 Å². The molecule has 0 heterocycles. The Morgan fingerprint density at radius 1 is 1.43 bits per heavy atom. The summed E-state index contributed by atoms with van der Waals surface area (Å²) in [5.74, 6) is 0. The molecule has 0 bridgehead atoms. The maximum Gasteiger partial charge on any atom is 0.187 e. The van der Waals surface area contributed by atoms with Crippen molar-refractivity contribution >= 4 is 16.9 Å². The molecule has 5 heteroatoms. The number of rotatable bonds is 3. The standard InChI is InChI=1S/C2H5NO2P2/c1-3-2(6-4)7-5/h2-3H,1H3. The average Bonchev–Trinajstić information content (AvgIpc) is 1.72. The van der Waals surface area contributed by atoms with Crippen molar-refractivity contribution in [3.63, 3.8) is 0 Å². The van der Waals surface area contributed by atoms with Crippen molar-refractivity contribution < 1.29 is 9.13 Å². The second-order valence-electron chi connectivity index (χ2n) is 0.873. The Hall–Kier alpha value is 0.160. The van der Waals surface area contributed by atoms with Gasteiger partial charge < -0.3 is 0 Å². The van der Waals surface area contributed by atoms with Crippen LogP contribution in [-0.2, 0) is 9.13 Å². The molecule has 7 heavy (non-hydrogen) atoms. The van der Waals surface area contributed by atoms with E-state index in [-0.39, 0.29) is 16.9 Å². The van der Waals surface area contributed by atoms with Crippen LogP contribution in [0.1, 0.15) is 0 Å². The maximum atomic E-state index is 9.79. The summed E-state index contributed by atoms with van der Waals surface area (Å²) in [6.07, 6.45) is 0. The molecule has 3 nitrogen and oxygen atoms in total. The average molecular weight is 137 g/mol. The molecule has 0 saturated carbocycles. The maximum absolute atomic E-state index is 9.79. The van der Waals surface area contributed by atoms with Crippen LogP contribution in [0.15, 0.2) is 0 Å². The monoisotopic (exact) mass is 137 g/mol. The van der Waals surface area contributed by atoms with Crippen LogP contribution in [0.25, 0.3) is 0 Å². The Morgan fingerprint density at radius 2 is 1.86 bits per heavy atom. The molecule has 0 aliphatic carbocycles. The molecule has 0 aliphatic rings. The fourth-order valence-electron chi connectivity index (χ4n) is 0.125. The number of nitrogens with one attached hydrogen (secondary N) is 1. The van der Waals surface area contributed by atoms with E-state index in [0.29, 0.717) is 0 Å². The summed E-state index contributed by atoms with van der Waals surface area (Å²) in [5, 5.41) is 2.55. The summed E-state index contributed by atoms with van der Waals surface area (Å²) in [4.78, 5) is 0. The van der Waals surface area contributed by atoms with E-state index in [1.54, 1.807) is 7.05 Å². The molecule has 0 aromatic carbocycles. The summed E-state index contributed by atoms with van der Waals surface area (Å²) in [5.41, 5.74) is -0.431. The minimum Gasteiger partial charge on any atom is -0.297 e. The molecule has 0 radical (unpaired) electrons. The predicted octanol–water partition coefficient (Wildman–Crippen LogP) is 1.07. The lowest BCUT2D eigenvalue weighted by Crippen LogP contribution is -2.10. The van der Waals surface area contributed by atoms with Gasteiger partial charge in [-0.15, -0.1) is 0 Å². The zero-order chi connectivity index (χ0) is 5.70. The smallest absolute Gasteiger partial charge is 0.187 e. The molecule has 0 aliphatic heterocycles. The third-order valence-corrected chi connectivity index (χ3v) is 1.94. The topological polar surface area (TPSA) is 46.2 Å². The lowest BCUT2D eigenvalue weighted by atomic mass is 11.2. The van der Waals surface area contributed by atoms with Gasteiger partial charge in [-0.05, 0) is 7.05 Å². The Balaban J connectivity index is 3.36. The molecule has 0 spiro atoms. The number of hydrogen-bond acceptors (Lipinski definition) is 3. The second kappa shape index (κ2) is 4.32. The molecular formula is C2H5NO2P2. The van der Waals surface area contributed by atoms with Crippen LogP contribution >= 0.6 is 16.9 Å². The molecule has 0 saturated heterocycles. The SMILES string of the molecule is CNC(P=O)P=O. The third kappa shape index (κ3) is 2.81. The highest BCUT2D eigenvalue weighted by atomic mass is 31.1. The second-order valence-corrected chi connectivity index (χ2v) is 2.73. The molecule has 0 aromatic rings. The molecule has 0 fully saturated rings.